The topological polar surface area (TPSA) is 168 Å². The smallest absolute Gasteiger partial charge is 0.317 e. The van der Waals surface area contributed by atoms with Gasteiger partial charge >= 0.3 is 11.9 Å². The zero-order chi connectivity index (χ0) is 30.0. The van der Waals surface area contributed by atoms with E-state index in [9.17, 15) is 34.2 Å². The number of imide groups is 1. The predicted octanol–water partition coefficient (Wildman–Crippen LogP) is -0.0917. The van der Waals surface area contributed by atoms with Crippen molar-refractivity contribution in [1.82, 2.24) is 24.5 Å². The van der Waals surface area contributed by atoms with Gasteiger partial charge in [0.1, 0.15) is 0 Å². The van der Waals surface area contributed by atoms with Crippen LogP contribution in [0.5, 0.6) is 0 Å². The number of unbranched alkanes of at least 4 members (excludes halogenated alkanes) is 5. The molecule has 13 nitrogen and oxygen atoms in total. The third-order valence-corrected chi connectivity index (χ3v) is 7.51. The largest absolute Gasteiger partial charge is 0.480 e. The normalized spacial score (nSPS) is 18.5. The Morgan fingerprint density at radius 1 is 0.634 bits per heavy atom. The van der Waals surface area contributed by atoms with Gasteiger partial charge in [0.2, 0.25) is 5.91 Å². The number of nitrogens with zero attached hydrogens (tertiary/aromatic N) is 5. The second-order valence-electron chi connectivity index (χ2n) is 10.7. The number of nitrogens with two attached hydrogens (primary N) is 1. The SMILES string of the molecule is NCCCCCCN1CCN(CC(=O)O)CCN(C(=O)CCCCCN2C(=O)C=CC2=O)CCN(CC(=O)O)CC1. The van der Waals surface area contributed by atoms with Gasteiger partial charge in [0.25, 0.3) is 11.8 Å². The highest BCUT2D eigenvalue weighted by molar-refractivity contribution is 6.12. The van der Waals surface area contributed by atoms with Gasteiger partial charge in [-0.15, -0.1) is 0 Å². The summed E-state index contributed by atoms with van der Waals surface area (Å²) < 4.78 is 0. The van der Waals surface area contributed by atoms with E-state index in [1.807, 2.05) is 9.80 Å². The Labute approximate surface area is 242 Å². The molecule has 4 N–H and O–H groups in total. The maximum Gasteiger partial charge on any atom is 0.317 e. The molecule has 2 aliphatic rings. The third kappa shape index (κ3) is 14.0. The van der Waals surface area contributed by atoms with Gasteiger partial charge in [-0.1, -0.05) is 19.3 Å². The zero-order valence-electron chi connectivity index (χ0n) is 24.3. The molecule has 1 fully saturated rings. The number of carboxylic acids is 2. The zero-order valence-corrected chi connectivity index (χ0v) is 24.3. The van der Waals surface area contributed by atoms with E-state index < -0.39 is 11.9 Å². The molecule has 0 spiro atoms. The fourth-order valence-electron chi connectivity index (χ4n) is 5.07. The lowest BCUT2D eigenvalue weighted by Crippen LogP contribution is -2.49. The monoisotopic (exact) mass is 580 g/mol. The van der Waals surface area contributed by atoms with Crippen molar-refractivity contribution in [2.75, 3.05) is 85.1 Å². The van der Waals surface area contributed by atoms with Crippen LogP contribution < -0.4 is 5.73 Å². The first-order valence-corrected chi connectivity index (χ1v) is 14.8. The molecule has 3 amide bonds. The summed E-state index contributed by atoms with van der Waals surface area (Å²) in [7, 11) is 0. The number of amides is 3. The highest BCUT2D eigenvalue weighted by Gasteiger charge is 2.23. The van der Waals surface area contributed by atoms with Crippen LogP contribution in [0.4, 0.5) is 0 Å². The van der Waals surface area contributed by atoms with E-state index in [-0.39, 0.29) is 37.2 Å². The average molecular weight is 581 g/mol. The number of hydrogen-bond donors (Lipinski definition) is 3. The van der Waals surface area contributed by atoms with E-state index in [1.165, 1.54) is 17.1 Å². The van der Waals surface area contributed by atoms with Crippen LogP contribution in [0.1, 0.15) is 51.4 Å². The minimum Gasteiger partial charge on any atom is -0.480 e. The molecule has 0 aromatic rings. The van der Waals surface area contributed by atoms with Gasteiger partial charge in [0.05, 0.1) is 13.1 Å². The Kier molecular flexibility index (Phi) is 16.2. The van der Waals surface area contributed by atoms with E-state index in [1.54, 1.807) is 4.90 Å². The van der Waals surface area contributed by atoms with E-state index in [0.29, 0.717) is 84.7 Å². The number of carboxylic acid groups (broad SMARTS) is 2. The van der Waals surface area contributed by atoms with Crippen molar-refractivity contribution in [2.45, 2.75) is 51.4 Å². The van der Waals surface area contributed by atoms with E-state index in [0.717, 1.165) is 32.2 Å². The van der Waals surface area contributed by atoms with Crippen molar-refractivity contribution >= 4 is 29.7 Å². The standard InChI is InChI=1S/C28H48N6O7/c29-11-5-1-2-6-12-30-14-16-31(22-27(38)39)18-20-33(21-19-32(17-15-30)23-28(40)41)24(35)8-4-3-7-13-34-25(36)9-10-26(34)37/h9-10H,1-8,11-23,29H2,(H,38,39)(H,40,41). The van der Waals surface area contributed by atoms with Crippen molar-refractivity contribution in [2.24, 2.45) is 5.73 Å². The Balaban J connectivity index is 1.95. The first kappa shape index (κ1) is 34.3. The molecule has 2 heterocycles. The minimum atomic E-state index is -0.916. The summed E-state index contributed by atoms with van der Waals surface area (Å²) in [4.78, 5) is 68.5. The van der Waals surface area contributed by atoms with Gasteiger partial charge in [-0.2, -0.15) is 0 Å². The first-order valence-electron chi connectivity index (χ1n) is 14.8. The third-order valence-electron chi connectivity index (χ3n) is 7.51. The second kappa shape index (κ2) is 19.3. The van der Waals surface area contributed by atoms with Crippen LogP contribution in [-0.2, 0) is 24.0 Å². The van der Waals surface area contributed by atoms with Gasteiger partial charge in [-0.25, -0.2) is 0 Å². The molecule has 1 saturated heterocycles. The fraction of sp³-hybridized carbons (Fsp3) is 0.750. The molecular weight excluding hydrogens is 532 g/mol. The number of carbonyl (C=O) groups is 5. The second-order valence-corrected chi connectivity index (χ2v) is 10.7. The fourth-order valence-corrected chi connectivity index (χ4v) is 5.07. The van der Waals surface area contributed by atoms with Crippen molar-refractivity contribution in [3.8, 4) is 0 Å². The maximum atomic E-state index is 13.2. The summed E-state index contributed by atoms with van der Waals surface area (Å²) in [6, 6.07) is 0. The molecule has 0 atom stereocenters. The van der Waals surface area contributed by atoms with Crippen LogP contribution in [-0.4, -0.2) is 149 Å². The highest BCUT2D eigenvalue weighted by Crippen LogP contribution is 2.10. The molecule has 0 aromatic heterocycles. The summed E-state index contributed by atoms with van der Waals surface area (Å²) in [6.45, 7) is 5.57. The van der Waals surface area contributed by atoms with Gasteiger partial charge in [-0.3, -0.25) is 38.7 Å². The molecule has 0 aliphatic carbocycles. The van der Waals surface area contributed by atoms with Gasteiger partial charge < -0.3 is 25.7 Å². The first-order chi connectivity index (χ1) is 19.7. The number of hydrogen-bond acceptors (Lipinski definition) is 9. The molecular formula is C28H48N6O7. The van der Waals surface area contributed by atoms with Gasteiger partial charge in [0.15, 0.2) is 0 Å². The van der Waals surface area contributed by atoms with Gasteiger partial charge in [-0.05, 0) is 38.8 Å². The van der Waals surface area contributed by atoms with Crippen molar-refractivity contribution in [1.29, 1.82) is 0 Å². The number of rotatable bonds is 16. The van der Waals surface area contributed by atoms with Crippen LogP contribution in [0.3, 0.4) is 0 Å². The van der Waals surface area contributed by atoms with E-state index >= 15 is 0 Å². The van der Waals surface area contributed by atoms with Crippen molar-refractivity contribution in [3.05, 3.63) is 12.2 Å². The van der Waals surface area contributed by atoms with Crippen LogP contribution in [0, 0.1) is 0 Å². The van der Waals surface area contributed by atoms with Crippen LogP contribution in [0.25, 0.3) is 0 Å². The van der Waals surface area contributed by atoms with E-state index in [2.05, 4.69) is 4.90 Å². The molecule has 13 heteroatoms. The van der Waals surface area contributed by atoms with Crippen LogP contribution in [0.2, 0.25) is 0 Å². The van der Waals surface area contributed by atoms with Crippen molar-refractivity contribution in [3.63, 3.8) is 0 Å². The molecule has 0 radical (unpaired) electrons. The predicted molar refractivity (Wildman–Crippen MR) is 153 cm³/mol. The lowest BCUT2D eigenvalue weighted by atomic mass is 10.1. The Morgan fingerprint density at radius 3 is 1.63 bits per heavy atom. The molecule has 0 unspecified atom stereocenters. The number of aliphatic carboxylic acids is 2. The molecule has 41 heavy (non-hydrogen) atoms. The lowest BCUT2D eigenvalue weighted by molar-refractivity contribution is -0.139. The van der Waals surface area contributed by atoms with E-state index in [4.69, 9.17) is 5.73 Å². The quantitative estimate of drug-likeness (QED) is 0.165. The molecule has 0 saturated carbocycles. The lowest BCUT2D eigenvalue weighted by Gasteiger charge is -2.33. The summed E-state index contributed by atoms with van der Waals surface area (Å²) in [5.41, 5.74) is 5.59. The molecule has 2 aliphatic heterocycles. The van der Waals surface area contributed by atoms with Crippen LogP contribution >= 0.6 is 0 Å². The average Bonchev–Trinajstić information content (AvgIpc) is 3.23. The molecule has 2 rings (SSSR count). The number of carbonyl (C=O) groups excluding carboxylic acids is 3. The van der Waals surface area contributed by atoms with Crippen molar-refractivity contribution < 1.29 is 34.2 Å². The summed E-state index contributed by atoms with van der Waals surface area (Å²) in [6.07, 6.45) is 8.80. The van der Waals surface area contributed by atoms with Gasteiger partial charge in [0, 0.05) is 77.5 Å². The molecule has 232 valence electrons. The minimum absolute atomic E-state index is 0.0679. The Morgan fingerprint density at radius 2 is 1.10 bits per heavy atom. The molecule has 0 bridgehead atoms. The Bertz CT molecular complexity index is 849. The summed E-state index contributed by atoms with van der Waals surface area (Å²) >= 11 is 0. The maximum absolute atomic E-state index is 13.2. The molecule has 0 aromatic carbocycles. The summed E-state index contributed by atoms with van der Waals surface area (Å²) in [5.74, 6) is -2.52. The summed E-state index contributed by atoms with van der Waals surface area (Å²) in [5, 5.41) is 18.9. The highest BCUT2D eigenvalue weighted by atomic mass is 16.4. The van der Waals surface area contributed by atoms with Crippen LogP contribution in [0.15, 0.2) is 12.2 Å². The Hall–Kier alpha value is -2.87.